The van der Waals surface area contributed by atoms with Crippen molar-refractivity contribution in [2.45, 2.75) is 45.4 Å². The van der Waals surface area contributed by atoms with Crippen LogP contribution in [0.5, 0.6) is 0 Å². The maximum absolute atomic E-state index is 12.4. The van der Waals surface area contributed by atoms with Crippen molar-refractivity contribution in [1.29, 1.82) is 5.26 Å². The maximum atomic E-state index is 12.4. The van der Waals surface area contributed by atoms with Gasteiger partial charge in [0.05, 0.1) is 6.07 Å². The predicted octanol–water partition coefficient (Wildman–Crippen LogP) is 1.69. The third kappa shape index (κ3) is 3.19. The molecule has 0 aromatic carbocycles. The Morgan fingerprint density at radius 1 is 1.41 bits per heavy atom. The van der Waals surface area contributed by atoms with Crippen molar-refractivity contribution in [3.8, 4) is 6.07 Å². The van der Waals surface area contributed by atoms with E-state index in [1.807, 2.05) is 6.92 Å². The lowest BCUT2D eigenvalue weighted by atomic mass is 9.74. The van der Waals surface area contributed by atoms with Crippen molar-refractivity contribution in [2.24, 2.45) is 5.41 Å². The highest BCUT2D eigenvalue weighted by molar-refractivity contribution is 5.85. The van der Waals surface area contributed by atoms with Gasteiger partial charge in [-0.15, -0.1) is 0 Å². The van der Waals surface area contributed by atoms with Gasteiger partial charge >= 0.3 is 0 Å². The lowest BCUT2D eigenvalue weighted by Gasteiger charge is -2.34. The molecule has 0 unspecified atom stereocenters. The third-order valence-corrected chi connectivity index (χ3v) is 3.59. The third-order valence-electron chi connectivity index (χ3n) is 3.59. The Balaban J connectivity index is 2.73. The highest BCUT2D eigenvalue weighted by Crippen LogP contribution is 2.37. The summed E-state index contributed by atoms with van der Waals surface area (Å²) in [5, 5.41) is 18.2. The van der Waals surface area contributed by atoms with Crippen LogP contribution < -0.4 is 0 Å². The zero-order chi connectivity index (χ0) is 12.7. The van der Waals surface area contributed by atoms with E-state index < -0.39 is 5.41 Å². The average molecular weight is 238 g/mol. The molecule has 1 fully saturated rings. The molecule has 0 bridgehead atoms. The van der Waals surface area contributed by atoms with Crippen molar-refractivity contribution in [1.82, 2.24) is 4.90 Å². The largest absolute Gasteiger partial charge is 0.396 e. The summed E-state index contributed by atoms with van der Waals surface area (Å²) in [6.45, 7) is 3.17. The first kappa shape index (κ1) is 14.0. The van der Waals surface area contributed by atoms with Gasteiger partial charge in [0.2, 0.25) is 5.91 Å². The van der Waals surface area contributed by atoms with Crippen LogP contribution in [0.15, 0.2) is 0 Å². The van der Waals surface area contributed by atoms with Crippen LogP contribution in [0.1, 0.15) is 45.4 Å². The van der Waals surface area contributed by atoms with Crippen LogP contribution in [-0.2, 0) is 4.79 Å². The SMILES string of the molecule is CCN(CCCO)C(=O)C1(C#N)CCCCC1. The minimum atomic E-state index is -0.788. The molecule has 0 heterocycles. The van der Waals surface area contributed by atoms with E-state index in [2.05, 4.69) is 6.07 Å². The topological polar surface area (TPSA) is 64.3 Å². The van der Waals surface area contributed by atoms with Crippen LogP contribution in [0.2, 0.25) is 0 Å². The van der Waals surface area contributed by atoms with Gasteiger partial charge in [-0.25, -0.2) is 0 Å². The van der Waals surface area contributed by atoms with E-state index in [9.17, 15) is 10.1 Å². The Morgan fingerprint density at radius 3 is 2.53 bits per heavy atom. The van der Waals surface area contributed by atoms with Crippen molar-refractivity contribution >= 4 is 5.91 Å². The van der Waals surface area contributed by atoms with Crippen LogP contribution in [0.3, 0.4) is 0 Å². The Morgan fingerprint density at radius 2 is 2.06 bits per heavy atom. The smallest absolute Gasteiger partial charge is 0.243 e. The van der Waals surface area contributed by atoms with E-state index in [1.54, 1.807) is 4.90 Å². The molecule has 1 amide bonds. The minimum absolute atomic E-state index is 0.0318. The number of nitrogens with zero attached hydrogens (tertiary/aromatic N) is 2. The van der Waals surface area contributed by atoms with Gasteiger partial charge in [0.1, 0.15) is 5.41 Å². The number of rotatable bonds is 5. The quantitative estimate of drug-likeness (QED) is 0.792. The summed E-state index contributed by atoms with van der Waals surface area (Å²) in [6.07, 6.45) is 5.03. The number of carbonyl (C=O) groups excluding carboxylic acids is 1. The first-order valence-electron chi connectivity index (χ1n) is 6.51. The molecule has 0 atom stereocenters. The standard InChI is InChI=1S/C13H22N2O2/c1-2-15(9-6-10-16)12(17)13(11-14)7-4-3-5-8-13/h16H,2-10H2,1H3. The average Bonchev–Trinajstić information content (AvgIpc) is 2.40. The maximum Gasteiger partial charge on any atom is 0.243 e. The molecule has 17 heavy (non-hydrogen) atoms. The van der Waals surface area contributed by atoms with Gasteiger partial charge in [-0.2, -0.15) is 5.26 Å². The molecule has 1 aliphatic rings. The van der Waals surface area contributed by atoms with E-state index in [4.69, 9.17) is 5.11 Å². The molecular formula is C13H22N2O2. The number of carbonyl (C=O) groups is 1. The molecule has 0 spiro atoms. The van der Waals surface area contributed by atoms with Crippen molar-refractivity contribution in [3.05, 3.63) is 0 Å². The molecule has 1 aliphatic carbocycles. The fourth-order valence-corrected chi connectivity index (χ4v) is 2.50. The highest BCUT2D eigenvalue weighted by atomic mass is 16.3. The molecule has 0 radical (unpaired) electrons. The van der Waals surface area contributed by atoms with Gasteiger partial charge in [0, 0.05) is 19.7 Å². The second-order valence-corrected chi connectivity index (χ2v) is 4.72. The van der Waals surface area contributed by atoms with E-state index in [1.165, 1.54) is 0 Å². The number of amides is 1. The van der Waals surface area contributed by atoms with Crippen LogP contribution in [-0.4, -0.2) is 35.6 Å². The van der Waals surface area contributed by atoms with E-state index in [0.717, 1.165) is 19.3 Å². The van der Waals surface area contributed by atoms with Gasteiger partial charge in [-0.1, -0.05) is 19.3 Å². The fraction of sp³-hybridized carbons (Fsp3) is 0.846. The normalized spacial score (nSPS) is 18.4. The van der Waals surface area contributed by atoms with E-state index >= 15 is 0 Å². The molecule has 0 aliphatic heterocycles. The summed E-state index contributed by atoms with van der Waals surface area (Å²) in [4.78, 5) is 14.1. The number of hydrogen-bond donors (Lipinski definition) is 1. The van der Waals surface area contributed by atoms with Crippen LogP contribution in [0, 0.1) is 16.7 Å². The van der Waals surface area contributed by atoms with E-state index in [-0.39, 0.29) is 12.5 Å². The summed E-state index contributed by atoms with van der Waals surface area (Å²) < 4.78 is 0. The van der Waals surface area contributed by atoms with Crippen LogP contribution >= 0.6 is 0 Å². The molecule has 0 aromatic rings. The van der Waals surface area contributed by atoms with Crippen molar-refractivity contribution < 1.29 is 9.90 Å². The van der Waals surface area contributed by atoms with Crippen LogP contribution in [0.25, 0.3) is 0 Å². The molecule has 4 heteroatoms. The number of nitriles is 1. The Hall–Kier alpha value is -1.08. The molecular weight excluding hydrogens is 216 g/mol. The highest BCUT2D eigenvalue weighted by Gasteiger charge is 2.41. The molecule has 1 N–H and O–H groups in total. The Bertz CT molecular complexity index is 290. The van der Waals surface area contributed by atoms with Crippen LogP contribution in [0.4, 0.5) is 0 Å². The molecule has 4 nitrogen and oxygen atoms in total. The summed E-state index contributed by atoms with van der Waals surface area (Å²) in [5.74, 6) is -0.0318. The number of aliphatic hydroxyl groups excluding tert-OH is 1. The second kappa shape index (κ2) is 6.61. The predicted molar refractivity (Wildman–Crippen MR) is 65.1 cm³/mol. The monoisotopic (exact) mass is 238 g/mol. The van der Waals surface area contributed by atoms with E-state index in [0.29, 0.717) is 32.4 Å². The van der Waals surface area contributed by atoms with Gasteiger partial charge in [0.25, 0.3) is 0 Å². The molecule has 96 valence electrons. The molecule has 1 rings (SSSR count). The fourth-order valence-electron chi connectivity index (χ4n) is 2.50. The molecule has 0 aromatic heterocycles. The van der Waals surface area contributed by atoms with Crippen molar-refractivity contribution in [2.75, 3.05) is 19.7 Å². The first-order chi connectivity index (χ1) is 8.20. The molecule has 1 saturated carbocycles. The summed E-state index contributed by atoms with van der Waals surface area (Å²) in [7, 11) is 0. The van der Waals surface area contributed by atoms with Gasteiger partial charge in [-0.3, -0.25) is 4.79 Å². The van der Waals surface area contributed by atoms with Crippen molar-refractivity contribution in [3.63, 3.8) is 0 Å². The Kier molecular flexibility index (Phi) is 5.43. The van der Waals surface area contributed by atoms with Gasteiger partial charge in [0.15, 0.2) is 0 Å². The summed E-state index contributed by atoms with van der Waals surface area (Å²) >= 11 is 0. The number of hydrogen-bond acceptors (Lipinski definition) is 3. The minimum Gasteiger partial charge on any atom is -0.396 e. The second-order valence-electron chi connectivity index (χ2n) is 4.72. The molecule has 0 saturated heterocycles. The lowest BCUT2D eigenvalue weighted by Crippen LogP contribution is -2.44. The van der Waals surface area contributed by atoms with Gasteiger partial charge < -0.3 is 10.0 Å². The first-order valence-corrected chi connectivity index (χ1v) is 6.51. The zero-order valence-corrected chi connectivity index (χ0v) is 10.6. The zero-order valence-electron chi connectivity index (χ0n) is 10.6. The lowest BCUT2D eigenvalue weighted by molar-refractivity contribution is -0.140. The summed E-state index contributed by atoms with van der Waals surface area (Å²) in [6, 6.07) is 2.25. The Labute approximate surface area is 103 Å². The van der Waals surface area contributed by atoms with Gasteiger partial charge in [-0.05, 0) is 26.2 Å². The summed E-state index contributed by atoms with van der Waals surface area (Å²) in [5.41, 5.74) is -0.788. The number of aliphatic hydroxyl groups is 1.